The maximum atomic E-state index is 12.7. The van der Waals surface area contributed by atoms with Gasteiger partial charge in [-0.05, 0) is 48.2 Å². The molecule has 0 aliphatic carbocycles. The van der Waals surface area contributed by atoms with Gasteiger partial charge in [-0.15, -0.1) is 0 Å². The van der Waals surface area contributed by atoms with Gasteiger partial charge in [0.05, 0.1) is 19.8 Å². The van der Waals surface area contributed by atoms with Crippen molar-refractivity contribution in [1.82, 2.24) is 9.80 Å². The Hall–Kier alpha value is -3.66. The van der Waals surface area contributed by atoms with Crippen LogP contribution in [-0.4, -0.2) is 79.9 Å². The van der Waals surface area contributed by atoms with Gasteiger partial charge in [0.2, 0.25) is 6.79 Å². The van der Waals surface area contributed by atoms with Crippen LogP contribution in [0.4, 0.5) is 9.59 Å². The molecule has 0 saturated carbocycles. The molecule has 206 valence electrons. The van der Waals surface area contributed by atoms with Gasteiger partial charge in [-0.25, -0.2) is 9.59 Å². The summed E-state index contributed by atoms with van der Waals surface area (Å²) in [5.74, 6) is 1.73. The van der Waals surface area contributed by atoms with Crippen LogP contribution in [0.25, 0.3) is 0 Å². The molecule has 38 heavy (non-hydrogen) atoms. The van der Waals surface area contributed by atoms with Crippen molar-refractivity contribution in [3.05, 3.63) is 53.6 Å². The molecule has 10 heteroatoms. The van der Waals surface area contributed by atoms with E-state index in [-0.39, 0.29) is 24.8 Å². The number of nitrogens with zero attached hydrogens (tertiary/aromatic N) is 2. The predicted molar refractivity (Wildman–Crippen MR) is 139 cm³/mol. The molecule has 10 nitrogen and oxygen atoms in total. The third kappa shape index (κ3) is 6.24. The van der Waals surface area contributed by atoms with E-state index in [1.807, 2.05) is 56.3 Å². The Morgan fingerprint density at radius 2 is 1.76 bits per heavy atom. The van der Waals surface area contributed by atoms with Crippen LogP contribution in [-0.2, 0) is 9.47 Å². The molecule has 0 radical (unpaired) electrons. The maximum Gasteiger partial charge on any atom is 0.506 e. The van der Waals surface area contributed by atoms with Crippen molar-refractivity contribution in [2.45, 2.75) is 44.8 Å². The molecule has 0 bridgehead atoms. The number of hydrogen-bond donors (Lipinski definition) is 1. The van der Waals surface area contributed by atoms with Crippen molar-refractivity contribution in [1.29, 1.82) is 0 Å². The summed E-state index contributed by atoms with van der Waals surface area (Å²) >= 11 is 0. The van der Waals surface area contributed by atoms with E-state index in [9.17, 15) is 14.7 Å². The number of carboxylic acid groups (broad SMARTS) is 1. The summed E-state index contributed by atoms with van der Waals surface area (Å²) < 4.78 is 27.3. The fourth-order valence-corrected chi connectivity index (χ4v) is 5.13. The number of benzene rings is 2. The van der Waals surface area contributed by atoms with Gasteiger partial charge in [-0.1, -0.05) is 32.0 Å². The summed E-state index contributed by atoms with van der Waals surface area (Å²) in [7, 11) is 1.60. The fraction of sp³-hybridized carbons (Fsp3) is 0.500. The number of ether oxygens (including phenoxy) is 5. The van der Waals surface area contributed by atoms with Crippen LogP contribution in [0.5, 0.6) is 17.2 Å². The lowest BCUT2D eigenvalue weighted by atomic mass is 9.90. The molecule has 2 aliphatic heterocycles. The van der Waals surface area contributed by atoms with E-state index < -0.39 is 12.3 Å². The summed E-state index contributed by atoms with van der Waals surface area (Å²) in [6.45, 7) is 6.55. The molecule has 1 saturated heterocycles. The molecule has 1 amide bonds. The highest BCUT2D eigenvalue weighted by molar-refractivity contribution is 5.67. The number of rotatable bonds is 11. The predicted octanol–water partition coefficient (Wildman–Crippen LogP) is 4.89. The second-order valence-corrected chi connectivity index (χ2v) is 9.38. The molecule has 0 aromatic heterocycles. The summed E-state index contributed by atoms with van der Waals surface area (Å²) in [5, 5.41) is 9.70. The minimum Gasteiger partial charge on any atom is -0.497 e. The number of carbonyl (C=O) groups excluding carboxylic acids is 1. The van der Waals surface area contributed by atoms with E-state index in [1.165, 1.54) is 0 Å². The fourth-order valence-electron chi connectivity index (χ4n) is 5.13. The molecule has 1 N–H and O–H groups in total. The molecule has 0 spiro atoms. The van der Waals surface area contributed by atoms with Crippen LogP contribution >= 0.6 is 0 Å². The summed E-state index contributed by atoms with van der Waals surface area (Å²) in [6.07, 6.45) is -0.805. The normalized spacial score (nSPS) is 20.2. The van der Waals surface area contributed by atoms with E-state index in [4.69, 9.17) is 23.7 Å². The number of fused-ring (bicyclic) bond motifs is 1. The van der Waals surface area contributed by atoms with E-state index in [1.54, 1.807) is 12.0 Å². The van der Waals surface area contributed by atoms with Crippen molar-refractivity contribution in [3.8, 4) is 17.2 Å². The van der Waals surface area contributed by atoms with Gasteiger partial charge in [0, 0.05) is 32.1 Å². The molecular formula is C28H36N2O8. The summed E-state index contributed by atoms with van der Waals surface area (Å²) in [4.78, 5) is 28.4. The highest BCUT2D eigenvalue weighted by atomic mass is 16.7. The van der Waals surface area contributed by atoms with E-state index in [0.717, 1.165) is 24.0 Å². The maximum absolute atomic E-state index is 12.7. The highest BCUT2D eigenvalue weighted by Crippen LogP contribution is 2.45. The van der Waals surface area contributed by atoms with Crippen LogP contribution in [0, 0.1) is 0 Å². The number of likely N-dealkylation sites (tertiary alicyclic amines) is 1. The lowest BCUT2D eigenvalue weighted by Crippen LogP contribution is -2.40. The minimum atomic E-state index is -1.34. The lowest BCUT2D eigenvalue weighted by Gasteiger charge is -2.30. The van der Waals surface area contributed by atoms with Crippen molar-refractivity contribution < 1.29 is 38.4 Å². The third-order valence-corrected chi connectivity index (χ3v) is 6.89. The van der Waals surface area contributed by atoms with Gasteiger partial charge in [0.15, 0.2) is 11.5 Å². The molecule has 0 unspecified atom stereocenters. The molecule has 1 fully saturated rings. The van der Waals surface area contributed by atoms with E-state index in [2.05, 4.69) is 4.90 Å². The van der Waals surface area contributed by atoms with Gasteiger partial charge >= 0.3 is 12.2 Å². The molecular weight excluding hydrogens is 492 g/mol. The Balaban J connectivity index is 1.65. The van der Waals surface area contributed by atoms with Crippen molar-refractivity contribution >= 4 is 12.2 Å². The van der Waals surface area contributed by atoms with Crippen molar-refractivity contribution in [3.63, 3.8) is 0 Å². The number of methoxy groups -OCH3 is 1. The molecule has 2 heterocycles. The van der Waals surface area contributed by atoms with Crippen LogP contribution in [0.2, 0.25) is 0 Å². The average Bonchev–Trinajstić information content (AvgIpc) is 3.53. The van der Waals surface area contributed by atoms with Crippen LogP contribution in [0.1, 0.15) is 49.8 Å². The Bertz CT molecular complexity index is 1090. The standard InChI is InChI=1S/C28H36N2O8/c1-4-12-29(27(31)35-15-5-2)13-14-30-17-22(20-8-11-23-24(16-20)37-18-36-23)26(38-28(32)33)25(30)19-6-9-21(34-3)10-7-19/h6-11,16,22,25-26H,4-5,12-15,17-18H2,1-3H3,(H,32,33)/t22-,25-,26+/m1/s1. The van der Waals surface area contributed by atoms with Gasteiger partial charge < -0.3 is 33.7 Å². The Kier molecular flexibility index (Phi) is 9.17. The van der Waals surface area contributed by atoms with Crippen LogP contribution in [0.15, 0.2) is 42.5 Å². The van der Waals surface area contributed by atoms with Crippen LogP contribution in [0.3, 0.4) is 0 Å². The first-order valence-electron chi connectivity index (χ1n) is 13.0. The zero-order chi connectivity index (χ0) is 27.1. The molecule has 3 atom stereocenters. The summed E-state index contributed by atoms with van der Waals surface area (Å²) in [5.41, 5.74) is 1.80. The SMILES string of the molecule is CCCOC(=O)N(CCC)CCN1C[C@H](c2ccc3c(c2)OCO3)[C@H](OC(=O)O)[C@H]1c1ccc(OC)cc1. The van der Waals surface area contributed by atoms with Gasteiger partial charge in [0.25, 0.3) is 0 Å². The Labute approximate surface area is 223 Å². The lowest BCUT2D eigenvalue weighted by molar-refractivity contribution is 0.0275. The monoisotopic (exact) mass is 528 g/mol. The second-order valence-electron chi connectivity index (χ2n) is 9.38. The van der Waals surface area contributed by atoms with Gasteiger partial charge in [-0.2, -0.15) is 0 Å². The zero-order valence-electron chi connectivity index (χ0n) is 22.1. The number of carbonyl (C=O) groups is 2. The first kappa shape index (κ1) is 27.4. The Morgan fingerprint density at radius 3 is 2.45 bits per heavy atom. The first-order chi connectivity index (χ1) is 18.4. The van der Waals surface area contributed by atoms with E-state index in [0.29, 0.717) is 50.0 Å². The molecule has 2 aromatic rings. The number of amides is 1. The topological polar surface area (TPSA) is 107 Å². The molecule has 4 rings (SSSR count). The number of hydrogen-bond acceptors (Lipinski definition) is 8. The molecule has 2 aromatic carbocycles. The Morgan fingerprint density at radius 1 is 1.03 bits per heavy atom. The largest absolute Gasteiger partial charge is 0.506 e. The second kappa shape index (κ2) is 12.7. The highest BCUT2D eigenvalue weighted by Gasteiger charge is 2.46. The quantitative estimate of drug-likeness (QED) is 0.408. The smallest absolute Gasteiger partial charge is 0.497 e. The van der Waals surface area contributed by atoms with Crippen LogP contribution < -0.4 is 14.2 Å². The van der Waals surface area contributed by atoms with Crippen molar-refractivity contribution in [2.24, 2.45) is 0 Å². The summed E-state index contributed by atoms with van der Waals surface area (Å²) in [6, 6.07) is 12.8. The van der Waals surface area contributed by atoms with E-state index >= 15 is 0 Å². The third-order valence-electron chi connectivity index (χ3n) is 6.89. The molecule has 2 aliphatic rings. The zero-order valence-corrected chi connectivity index (χ0v) is 22.1. The first-order valence-corrected chi connectivity index (χ1v) is 13.0. The minimum absolute atomic E-state index is 0.153. The average molecular weight is 529 g/mol. The van der Waals surface area contributed by atoms with Gasteiger partial charge in [-0.3, -0.25) is 4.90 Å². The van der Waals surface area contributed by atoms with Crippen molar-refractivity contribution in [2.75, 3.05) is 46.7 Å². The van der Waals surface area contributed by atoms with Gasteiger partial charge in [0.1, 0.15) is 11.9 Å².